The zero-order chi connectivity index (χ0) is 25.0. The number of H-pyrrole nitrogens is 1. The molecule has 3 aromatic heterocycles. The third-order valence-electron chi connectivity index (χ3n) is 8.08. The van der Waals surface area contributed by atoms with Gasteiger partial charge in [-0.1, -0.05) is 25.5 Å². The van der Waals surface area contributed by atoms with Crippen LogP contribution in [0, 0.1) is 5.92 Å². The highest BCUT2D eigenvalue weighted by molar-refractivity contribution is 9.10. The maximum atomic E-state index is 13.6. The van der Waals surface area contributed by atoms with E-state index in [1.54, 1.807) is 10.9 Å². The van der Waals surface area contributed by atoms with E-state index in [1.807, 2.05) is 36.0 Å². The molecular formula is C27H30BrFN6O. The van der Waals surface area contributed by atoms with Crippen molar-refractivity contribution >= 4 is 26.8 Å². The summed E-state index contributed by atoms with van der Waals surface area (Å²) in [5.41, 5.74) is 3.15. The van der Waals surface area contributed by atoms with Crippen molar-refractivity contribution in [2.45, 2.75) is 50.7 Å². The average Bonchev–Trinajstić information content (AvgIpc) is 3.57. The van der Waals surface area contributed by atoms with Gasteiger partial charge in [0.2, 0.25) is 0 Å². The minimum Gasteiger partial charge on any atom is -0.353 e. The first-order valence-electron chi connectivity index (χ1n) is 12.6. The third kappa shape index (κ3) is 3.84. The van der Waals surface area contributed by atoms with E-state index in [9.17, 15) is 9.18 Å². The van der Waals surface area contributed by atoms with Crippen molar-refractivity contribution in [1.29, 1.82) is 0 Å². The normalized spacial score (nSPS) is 24.4. The fraction of sp³-hybridized carbons (Fsp3) is 0.444. The van der Waals surface area contributed by atoms with E-state index in [4.69, 9.17) is 0 Å². The number of hydrogen-bond donors (Lipinski definition) is 1. The zero-order valence-electron chi connectivity index (χ0n) is 20.5. The number of aromatic nitrogens is 5. The van der Waals surface area contributed by atoms with Gasteiger partial charge in [0.15, 0.2) is 0 Å². The smallest absolute Gasteiger partial charge is 0.279 e. The van der Waals surface area contributed by atoms with Crippen LogP contribution in [0.3, 0.4) is 0 Å². The monoisotopic (exact) mass is 552 g/mol. The minimum atomic E-state index is -0.765. The number of halogens is 2. The molecule has 6 rings (SSSR count). The quantitative estimate of drug-likeness (QED) is 0.370. The Kier molecular flexibility index (Phi) is 5.87. The second-order valence-corrected chi connectivity index (χ2v) is 11.3. The number of nitrogens with one attached hydrogen (secondary N) is 1. The highest BCUT2D eigenvalue weighted by Gasteiger charge is 2.49. The third-order valence-corrected chi connectivity index (χ3v) is 8.71. The lowest BCUT2D eigenvalue weighted by atomic mass is 9.57. The van der Waals surface area contributed by atoms with Gasteiger partial charge in [-0.05, 0) is 64.9 Å². The zero-order valence-corrected chi connectivity index (χ0v) is 22.1. The van der Waals surface area contributed by atoms with Crippen LogP contribution in [0.5, 0.6) is 0 Å². The number of likely N-dealkylation sites (tertiary alicyclic amines) is 1. The fourth-order valence-corrected chi connectivity index (χ4v) is 6.63. The predicted octanol–water partition coefficient (Wildman–Crippen LogP) is 4.86. The molecule has 2 aliphatic rings. The van der Waals surface area contributed by atoms with Crippen molar-refractivity contribution in [3.05, 3.63) is 74.8 Å². The van der Waals surface area contributed by atoms with Crippen LogP contribution in [0.2, 0.25) is 0 Å². The van der Waals surface area contributed by atoms with Crippen molar-refractivity contribution in [3.8, 4) is 5.69 Å². The van der Waals surface area contributed by atoms with Gasteiger partial charge in [-0.15, -0.1) is 10.2 Å². The van der Waals surface area contributed by atoms with Gasteiger partial charge >= 0.3 is 0 Å². The van der Waals surface area contributed by atoms with Crippen molar-refractivity contribution in [3.63, 3.8) is 0 Å². The molecule has 9 heteroatoms. The van der Waals surface area contributed by atoms with Gasteiger partial charge in [0.05, 0.1) is 5.41 Å². The summed E-state index contributed by atoms with van der Waals surface area (Å²) in [6, 6.07) is 10.3. The molecule has 1 aliphatic carbocycles. The summed E-state index contributed by atoms with van der Waals surface area (Å²) in [6.45, 7) is 4.02. The molecule has 188 valence electrons. The van der Waals surface area contributed by atoms with E-state index < -0.39 is 6.17 Å². The van der Waals surface area contributed by atoms with E-state index in [2.05, 4.69) is 55.1 Å². The number of aromatic amines is 1. The maximum absolute atomic E-state index is 13.6. The van der Waals surface area contributed by atoms with Crippen molar-refractivity contribution in [1.82, 2.24) is 29.2 Å². The molecule has 0 amide bonds. The molecule has 36 heavy (non-hydrogen) atoms. The van der Waals surface area contributed by atoms with Gasteiger partial charge in [-0.3, -0.25) is 14.3 Å². The van der Waals surface area contributed by atoms with Gasteiger partial charge in [-0.2, -0.15) is 0 Å². The van der Waals surface area contributed by atoms with E-state index in [1.165, 1.54) is 0 Å². The highest BCUT2D eigenvalue weighted by Crippen LogP contribution is 2.52. The molecule has 1 aromatic carbocycles. The highest BCUT2D eigenvalue weighted by atomic mass is 79.9. The van der Waals surface area contributed by atoms with E-state index in [0.29, 0.717) is 30.9 Å². The van der Waals surface area contributed by atoms with Crippen LogP contribution in [0.1, 0.15) is 49.7 Å². The predicted molar refractivity (Wildman–Crippen MR) is 141 cm³/mol. The molecule has 1 saturated heterocycles. The number of nitrogens with zero attached hydrogens (tertiary/aromatic N) is 5. The van der Waals surface area contributed by atoms with E-state index in [-0.39, 0.29) is 11.0 Å². The second kappa shape index (κ2) is 8.95. The fourth-order valence-electron chi connectivity index (χ4n) is 6.11. The van der Waals surface area contributed by atoms with Crippen LogP contribution < -0.4 is 5.56 Å². The van der Waals surface area contributed by atoms with Gasteiger partial charge in [0.25, 0.3) is 5.56 Å². The molecular weight excluding hydrogens is 523 g/mol. The minimum absolute atomic E-state index is 0.103. The molecule has 0 spiro atoms. The first-order chi connectivity index (χ1) is 17.4. The summed E-state index contributed by atoms with van der Waals surface area (Å²) in [5.74, 6) is 1.62. The van der Waals surface area contributed by atoms with Crippen LogP contribution in [-0.2, 0) is 19.0 Å². The molecule has 1 saturated carbocycles. The molecule has 2 fully saturated rings. The number of pyridine rings is 1. The lowest BCUT2D eigenvalue weighted by Gasteiger charge is -2.47. The number of aryl methyl sites for hydroxylation is 1. The Morgan fingerprint density at radius 3 is 2.81 bits per heavy atom. The SMILES string of the molecule is CCC1CC(c2cccc(-n3cc(Br)c4cc(CN5CC[C@H](F)C5)[nH]c4c3=O)c2)(c2nncn2C)C1. The lowest BCUT2D eigenvalue weighted by Crippen LogP contribution is -2.44. The van der Waals surface area contributed by atoms with Crippen LogP contribution in [0.4, 0.5) is 4.39 Å². The Morgan fingerprint density at radius 2 is 2.11 bits per heavy atom. The Morgan fingerprint density at radius 1 is 1.28 bits per heavy atom. The maximum Gasteiger partial charge on any atom is 0.279 e. The number of benzene rings is 1. The Bertz CT molecular complexity index is 1480. The van der Waals surface area contributed by atoms with Gasteiger partial charge in [0, 0.05) is 54.1 Å². The standard InChI is InChI=1S/C27H30BrFN6O/c1-3-17-11-27(12-17,26-32-30-16-33(26)2)18-5-4-6-21(9-18)35-15-23(28)22-10-20(31-24(22)25(35)36)14-34-8-7-19(29)13-34/h4-6,9-10,15-17,19,31H,3,7-8,11-14H2,1-2H3/t17?,19-,27?/m0/s1. The molecule has 0 bridgehead atoms. The summed E-state index contributed by atoms with van der Waals surface area (Å²) >= 11 is 3.68. The number of alkyl halides is 1. The first-order valence-corrected chi connectivity index (χ1v) is 13.4. The van der Waals surface area contributed by atoms with Crippen molar-refractivity contribution in [2.24, 2.45) is 13.0 Å². The van der Waals surface area contributed by atoms with E-state index >= 15 is 0 Å². The lowest BCUT2D eigenvalue weighted by molar-refractivity contribution is 0.163. The molecule has 0 radical (unpaired) electrons. The average molecular weight is 553 g/mol. The van der Waals surface area contributed by atoms with Crippen LogP contribution in [-0.4, -0.2) is 48.5 Å². The summed E-state index contributed by atoms with van der Waals surface area (Å²) in [4.78, 5) is 19.0. The van der Waals surface area contributed by atoms with Crippen LogP contribution in [0.15, 0.2) is 52.1 Å². The summed E-state index contributed by atoms with van der Waals surface area (Å²) < 4.78 is 18.2. The number of hydrogen-bond acceptors (Lipinski definition) is 4. The Labute approximate surface area is 217 Å². The van der Waals surface area contributed by atoms with Crippen molar-refractivity contribution < 1.29 is 4.39 Å². The van der Waals surface area contributed by atoms with Crippen LogP contribution >= 0.6 is 15.9 Å². The topological polar surface area (TPSA) is 71.7 Å². The Balaban J connectivity index is 1.39. The molecule has 1 N–H and O–H groups in total. The molecule has 4 aromatic rings. The van der Waals surface area contributed by atoms with Gasteiger partial charge < -0.3 is 9.55 Å². The Hall–Kier alpha value is -2.78. The largest absolute Gasteiger partial charge is 0.353 e. The number of fused-ring (bicyclic) bond motifs is 1. The van der Waals surface area contributed by atoms with Gasteiger partial charge in [0.1, 0.15) is 23.8 Å². The van der Waals surface area contributed by atoms with Crippen LogP contribution in [0.25, 0.3) is 16.6 Å². The molecule has 1 atom stereocenters. The summed E-state index contributed by atoms with van der Waals surface area (Å²) in [7, 11) is 1.99. The first kappa shape index (κ1) is 23.6. The van der Waals surface area contributed by atoms with E-state index in [0.717, 1.165) is 58.4 Å². The van der Waals surface area contributed by atoms with Gasteiger partial charge in [-0.25, -0.2) is 4.39 Å². The number of rotatable bonds is 6. The molecule has 4 heterocycles. The van der Waals surface area contributed by atoms with Crippen molar-refractivity contribution in [2.75, 3.05) is 13.1 Å². The molecule has 1 aliphatic heterocycles. The molecule has 0 unspecified atom stereocenters. The second-order valence-electron chi connectivity index (χ2n) is 10.4. The molecule has 7 nitrogen and oxygen atoms in total. The summed E-state index contributed by atoms with van der Waals surface area (Å²) in [5, 5.41) is 9.48. The summed E-state index contributed by atoms with van der Waals surface area (Å²) in [6.07, 6.45) is 6.59.